The van der Waals surface area contributed by atoms with Gasteiger partial charge in [-0.3, -0.25) is 9.59 Å². The van der Waals surface area contributed by atoms with E-state index in [2.05, 4.69) is 27.7 Å². The molecule has 1 aliphatic carbocycles. The molecule has 2 aliphatic rings. The van der Waals surface area contributed by atoms with E-state index in [0.717, 1.165) is 51.4 Å². The van der Waals surface area contributed by atoms with Gasteiger partial charge in [-0.2, -0.15) is 0 Å². The summed E-state index contributed by atoms with van der Waals surface area (Å²) in [5.74, 6) is -0.583. The molecule has 0 radical (unpaired) electrons. The fraction of sp³-hybridized carbons (Fsp3) is 0.857. The van der Waals surface area contributed by atoms with Crippen LogP contribution in [0.15, 0.2) is 12.2 Å². The molecule has 0 amide bonds. The van der Waals surface area contributed by atoms with Crippen molar-refractivity contribution in [1.29, 1.82) is 0 Å². The predicted molar refractivity (Wildman–Crippen MR) is 132 cm³/mol. The van der Waals surface area contributed by atoms with Crippen molar-refractivity contribution in [3.63, 3.8) is 0 Å². The normalized spacial score (nSPS) is 28.3. The minimum Gasteiger partial charge on any atom is -0.481 e. The highest BCUT2D eigenvalue weighted by Crippen LogP contribution is 2.60. The molecule has 0 spiro atoms. The number of ether oxygens (including phenoxy) is 1. The SMILES string of the molecule is CC(C)CCCCCCCC1(C(=O)O)C=CC2OC2C1(CCCCCCCC(C)C)C(=O)O. The Kier molecular flexibility index (Phi) is 10.9. The van der Waals surface area contributed by atoms with Gasteiger partial charge >= 0.3 is 11.9 Å². The highest BCUT2D eigenvalue weighted by Gasteiger charge is 2.71. The number of hydrogen-bond acceptors (Lipinski definition) is 3. The van der Waals surface area contributed by atoms with Crippen molar-refractivity contribution in [2.24, 2.45) is 22.7 Å². The second kappa shape index (κ2) is 12.9. The molecule has 0 aromatic rings. The lowest BCUT2D eigenvalue weighted by molar-refractivity contribution is -0.174. The molecular formula is C28H48O5. The van der Waals surface area contributed by atoms with Gasteiger partial charge in [-0.15, -0.1) is 0 Å². The average Bonchev–Trinajstić information content (AvgIpc) is 3.52. The molecule has 1 saturated heterocycles. The summed E-state index contributed by atoms with van der Waals surface area (Å²) < 4.78 is 5.73. The Bertz CT molecular complexity index is 655. The molecule has 0 aromatic carbocycles. The quantitative estimate of drug-likeness (QED) is 0.127. The van der Waals surface area contributed by atoms with Gasteiger partial charge in [0, 0.05) is 0 Å². The molecule has 2 rings (SSSR count). The molecule has 1 heterocycles. The third-order valence-corrected chi connectivity index (χ3v) is 7.85. The number of hydrogen-bond donors (Lipinski definition) is 2. The minimum absolute atomic E-state index is 0.240. The number of rotatable bonds is 18. The van der Waals surface area contributed by atoms with Crippen molar-refractivity contribution in [2.45, 2.75) is 130 Å². The Hall–Kier alpha value is -1.36. The highest BCUT2D eigenvalue weighted by atomic mass is 16.6. The first-order valence-electron chi connectivity index (χ1n) is 13.5. The van der Waals surface area contributed by atoms with Crippen molar-refractivity contribution in [2.75, 3.05) is 0 Å². The number of carbonyl (C=O) groups is 2. The lowest BCUT2D eigenvalue weighted by Gasteiger charge is -2.44. The van der Waals surface area contributed by atoms with Crippen molar-refractivity contribution in [1.82, 2.24) is 0 Å². The van der Waals surface area contributed by atoms with Crippen LogP contribution in [0.1, 0.15) is 118 Å². The summed E-state index contributed by atoms with van der Waals surface area (Å²) in [6.07, 6.45) is 16.1. The Labute approximate surface area is 201 Å². The van der Waals surface area contributed by atoms with Crippen LogP contribution in [0, 0.1) is 22.7 Å². The lowest BCUT2D eigenvalue weighted by Crippen LogP contribution is -2.56. The summed E-state index contributed by atoms with van der Waals surface area (Å²) >= 11 is 0. The van der Waals surface area contributed by atoms with Gasteiger partial charge in [0.05, 0.1) is 0 Å². The van der Waals surface area contributed by atoms with Gasteiger partial charge < -0.3 is 14.9 Å². The maximum atomic E-state index is 12.7. The summed E-state index contributed by atoms with van der Waals surface area (Å²) in [5.41, 5.74) is -2.75. The third kappa shape index (κ3) is 7.07. The van der Waals surface area contributed by atoms with Gasteiger partial charge in [-0.05, 0) is 24.7 Å². The van der Waals surface area contributed by atoms with Crippen molar-refractivity contribution in [3.05, 3.63) is 12.2 Å². The molecule has 1 aliphatic heterocycles. The number of epoxide rings is 1. The van der Waals surface area contributed by atoms with Crippen LogP contribution in [0.25, 0.3) is 0 Å². The zero-order valence-corrected chi connectivity index (χ0v) is 21.5. The maximum absolute atomic E-state index is 12.7. The van der Waals surface area contributed by atoms with Gasteiger partial charge in [-0.25, -0.2) is 0 Å². The van der Waals surface area contributed by atoms with Gasteiger partial charge in [-0.1, -0.05) is 117 Å². The summed E-state index contributed by atoms with van der Waals surface area (Å²) in [6, 6.07) is 0. The molecule has 5 nitrogen and oxygen atoms in total. The van der Waals surface area contributed by atoms with Gasteiger partial charge in [0.15, 0.2) is 0 Å². The van der Waals surface area contributed by atoms with Crippen molar-refractivity contribution in [3.8, 4) is 0 Å². The Morgan fingerprint density at radius 3 is 1.73 bits per heavy atom. The van der Waals surface area contributed by atoms with Gasteiger partial charge in [0.1, 0.15) is 23.0 Å². The van der Waals surface area contributed by atoms with E-state index in [9.17, 15) is 19.8 Å². The zero-order chi connectivity index (χ0) is 24.5. The van der Waals surface area contributed by atoms with E-state index < -0.39 is 28.9 Å². The minimum atomic E-state index is -1.38. The molecule has 1 fully saturated rings. The lowest BCUT2D eigenvalue weighted by atomic mass is 9.54. The number of unbranched alkanes of at least 4 members (excludes halogenated alkanes) is 8. The van der Waals surface area contributed by atoms with Gasteiger partial charge in [0.2, 0.25) is 0 Å². The van der Waals surface area contributed by atoms with Crippen molar-refractivity contribution < 1.29 is 24.5 Å². The van der Waals surface area contributed by atoms with E-state index in [4.69, 9.17) is 4.74 Å². The molecule has 0 bridgehead atoms. The fourth-order valence-electron chi connectivity index (χ4n) is 5.76. The van der Waals surface area contributed by atoms with Crippen LogP contribution in [0.3, 0.4) is 0 Å². The van der Waals surface area contributed by atoms with Crippen LogP contribution in [-0.2, 0) is 14.3 Å². The second-order valence-electron chi connectivity index (χ2n) is 11.3. The Morgan fingerprint density at radius 2 is 1.24 bits per heavy atom. The smallest absolute Gasteiger partial charge is 0.314 e. The largest absolute Gasteiger partial charge is 0.481 e. The predicted octanol–water partition coefficient (Wildman–Crippen LogP) is 7.24. The van der Waals surface area contributed by atoms with Crippen LogP contribution in [-0.4, -0.2) is 34.4 Å². The first-order chi connectivity index (χ1) is 15.7. The van der Waals surface area contributed by atoms with Crippen LogP contribution < -0.4 is 0 Å². The number of aliphatic carboxylic acids is 2. The molecule has 33 heavy (non-hydrogen) atoms. The van der Waals surface area contributed by atoms with E-state index in [1.165, 1.54) is 25.7 Å². The molecule has 0 aromatic heterocycles. The summed E-state index contributed by atoms with van der Waals surface area (Å²) in [4.78, 5) is 25.4. The number of fused-ring (bicyclic) bond motifs is 1. The summed E-state index contributed by atoms with van der Waals surface area (Å²) in [7, 11) is 0. The number of carboxylic acids is 2. The Morgan fingerprint density at radius 1 is 0.758 bits per heavy atom. The summed E-state index contributed by atoms with van der Waals surface area (Å²) in [6.45, 7) is 8.93. The maximum Gasteiger partial charge on any atom is 0.314 e. The Balaban J connectivity index is 2.00. The summed E-state index contributed by atoms with van der Waals surface area (Å²) in [5, 5.41) is 20.8. The molecule has 4 atom stereocenters. The second-order valence-corrected chi connectivity index (χ2v) is 11.3. The van der Waals surface area contributed by atoms with E-state index in [1.807, 2.05) is 0 Å². The van der Waals surface area contributed by atoms with Crippen LogP contribution in [0.2, 0.25) is 0 Å². The van der Waals surface area contributed by atoms with Crippen molar-refractivity contribution >= 4 is 11.9 Å². The van der Waals surface area contributed by atoms with Gasteiger partial charge in [0.25, 0.3) is 0 Å². The molecule has 5 heteroatoms. The van der Waals surface area contributed by atoms with Crippen LogP contribution in [0.4, 0.5) is 0 Å². The third-order valence-electron chi connectivity index (χ3n) is 7.85. The monoisotopic (exact) mass is 464 g/mol. The van der Waals surface area contributed by atoms with E-state index in [0.29, 0.717) is 24.7 Å². The first kappa shape index (κ1) is 27.9. The van der Waals surface area contributed by atoms with Crippen LogP contribution >= 0.6 is 0 Å². The number of carboxylic acid groups (broad SMARTS) is 2. The molecule has 4 unspecified atom stereocenters. The van der Waals surface area contributed by atoms with E-state index in [-0.39, 0.29) is 6.10 Å². The first-order valence-corrected chi connectivity index (χ1v) is 13.5. The van der Waals surface area contributed by atoms with E-state index >= 15 is 0 Å². The average molecular weight is 465 g/mol. The molecule has 0 saturated carbocycles. The molecular weight excluding hydrogens is 416 g/mol. The fourth-order valence-corrected chi connectivity index (χ4v) is 5.76. The van der Waals surface area contributed by atoms with E-state index in [1.54, 1.807) is 12.2 Å². The highest BCUT2D eigenvalue weighted by molar-refractivity contribution is 5.90. The van der Waals surface area contributed by atoms with Crippen LogP contribution in [0.5, 0.6) is 0 Å². The zero-order valence-electron chi connectivity index (χ0n) is 21.5. The molecule has 190 valence electrons. The topological polar surface area (TPSA) is 87.1 Å². The molecule has 2 N–H and O–H groups in total. The standard InChI is InChI=1S/C28H48O5/c1-21(2)15-11-7-5-9-13-18-27(25(29)30)20-17-23-24(33-23)28(27,26(31)32)19-14-10-6-8-12-16-22(3)4/h17,20-24H,5-16,18-19H2,1-4H3,(H,29,30)(H,31,32).